The zero-order valence-electron chi connectivity index (χ0n) is 10.5. The van der Waals surface area contributed by atoms with E-state index in [1.165, 1.54) is 4.90 Å². The van der Waals surface area contributed by atoms with Crippen molar-refractivity contribution < 1.29 is 14.6 Å². The number of nitriles is 1. The van der Waals surface area contributed by atoms with Crippen LogP contribution in [0.3, 0.4) is 0 Å². The van der Waals surface area contributed by atoms with Crippen LogP contribution < -0.4 is 0 Å². The average Bonchev–Trinajstić information content (AvgIpc) is 2.79. The predicted octanol–water partition coefficient (Wildman–Crippen LogP) is 1.67. The van der Waals surface area contributed by atoms with Crippen LogP contribution in [0.2, 0.25) is 0 Å². The highest BCUT2D eigenvalue weighted by molar-refractivity contribution is 5.68. The van der Waals surface area contributed by atoms with E-state index in [1.54, 1.807) is 0 Å². The van der Waals surface area contributed by atoms with Crippen LogP contribution in [0.5, 0.6) is 0 Å². The molecule has 1 heterocycles. The highest BCUT2D eigenvalue weighted by Crippen LogP contribution is 2.21. The lowest BCUT2D eigenvalue weighted by Gasteiger charge is -2.21. The molecule has 5 heteroatoms. The lowest BCUT2D eigenvalue weighted by Crippen LogP contribution is -2.36. The third-order valence-corrected chi connectivity index (χ3v) is 3.16. The maximum absolute atomic E-state index is 11.9. The molecular weight excluding hydrogens is 244 g/mol. The second-order valence-corrected chi connectivity index (χ2v) is 4.60. The number of ether oxygens (including phenoxy) is 1. The molecule has 5 nitrogen and oxygen atoms in total. The molecule has 0 saturated carbocycles. The molecule has 19 heavy (non-hydrogen) atoms. The summed E-state index contributed by atoms with van der Waals surface area (Å²) < 4.78 is 5.20. The Morgan fingerprint density at radius 1 is 1.47 bits per heavy atom. The molecule has 1 aliphatic heterocycles. The smallest absolute Gasteiger partial charge is 0.410 e. The van der Waals surface area contributed by atoms with Crippen LogP contribution in [-0.4, -0.2) is 34.8 Å². The third-order valence-electron chi connectivity index (χ3n) is 3.16. The van der Waals surface area contributed by atoms with Gasteiger partial charge in [-0.3, -0.25) is 0 Å². The SMILES string of the molecule is N#CC[C@@H]1C[C@@H](O)CN1C(=O)OCc1ccccc1. The van der Waals surface area contributed by atoms with Crippen molar-refractivity contribution in [3.63, 3.8) is 0 Å². The Labute approximate surface area is 112 Å². The van der Waals surface area contributed by atoms with Crippen molar-refractivity contribution >= 4 is 6.09 Å². The second-order valence-electron chi connectivity index (χ2n) is 4.60. The molecule has 0 bridgehead atoms. The van der Waals surface area contributed by atoms with E-state index in [0.717, 1.165) is 5.56 Å². The van der Waals surface area contributed by atoms with E-state index in [9.17, 15) is 9.90 Å². The molecule has 2 rings (SSSR count). The molecule has 1 aromatic rings. The highest BCUT2D eigenvalue weighted by Gasteiger charge is 2.35. The molecule has 100 valence electrons. The highest BCUT2D eigenvalue weighted by atomic mass is 16.6. The fourth-order valence-corrected chi connectivity index (χ4v) is 2.22. The van der Waals surface area contributed by atoms with Gasteiger partial charge in [-0.2, -0.15) is 5.26 Å². The topological polar surface area (TPSA) is 73.6 Å². The van der Waals surface area contributed by atoms with Gasteiger partial charge < -0.3 is 14.7 Å². The number of carbonyl (C=O) groups is 1. The summed E-state index contributed by atoms with van der Waals surface area (Å²) in [4.78, 5) is 13.4. The largest absolute Gasteiger partial charge is 0.445 e. The van der Waals surface area contributed by atoms with Gasteiger partial charge in [0.05, 0.1) is 31.2 Å². The monoisotopic (exact) mass is 260 g/mol. The molecule has 0 aliphatic carbocycles. The normalized spacial score (nSPS) is 22.0. The number of likely N-dealkylation sites (tertiary alicyclic amines) is 1. The van der Waals surface area contributed by atoms with E-state index >= 15 is 0 Å². The number of hydrogen-bond donors (Lipinski definition) is 1. The number of nitrogens with zero attached hydrogens (tertiary/aromatic N) is 2. The Kier molecular flexibility index (Phi) is 4.37. The third kappa shape index (κ3) is 3.46. The number of carbonyl (C=O) groups excluding carboxylic acids is 1. The van der Waals surface area contributed by atoms with Crippen LogP contribution in [-0.2, 0) is 11.3 Å². The summed E-state index contributed by atoms with van der Waals surface area (Å²) in [6.45, 7) is 0.436. The van der Waals surface area contributed by atoms with Gasteiger partial charge in [-0.1, -0.05) is 30.3 Å². The second kappa shape index (κ2) is 6.21. The van der Waals surface area contributed by atoms with Gasteiger partial charge in [0.25, 0.3) is 0 Å². The van der Waals surface area contributed by atoms with Crippen LogP contribution in [0.1, 0.15) is 18.4 Å². The summed E-state index contributed by atoms with van der Waals surface area (Å²) in [6.07, 6.45) is -0.380. The van der Waals surface area contributed by atoms with Crippen molar-refractivity contribution in [1.29, 1.82) is 5.26 Å². The van der Waals surface area contributed by atoms with Gasteiger partial charge in [0.2, 0.25) is 0 Å². The van der Waals surface area contributed by atoms with E-state index < -0.39 is 12.2 Å². The quantitative estimate of drug-likeness (QED) is 0.897. The number of benzene rings is 1. The zero-order valence-corrected chi connectivity index (χ0v) is 10.5. The first-order valence-corrected chi connectivity index (χ1v) is 6.23. The lowest BCUT2D eigenvalue weighted by molar-refractivity contribution is 0.0881. The Bertz CT molecular complexity index is 469. The van der Waals surface area contributed by atoms with Crippen molar-refractivity contribution in [2.75, 3.05) is 6.54 Å². The summed E-state index contributed by atoms with van der Waals surface area (Å²) >= 11 is 0. The number of amides is 1. The fourth-order valence-electron chi connectivity index (χ4n) is 2.22. The summed E-state index contributed by atoms with van der Waals surface area (Å²) in [5.74, 6) is 0. The summed E-state index contributed by atoms with van der Waals surface area (Å²) in [5.41, 5.74) is 0.910. The van der Waals surface area contributed by atoms with Crippen LogP contribution in [0.4, 0.5) is 4.79 Å². The maximum Gasteiger partial charge on any atom is 0.410 e. The number of β-amino-alcohol motifs (C(OH)–C–C–N with tert-alkyl or cyclic N) is 1. The van der Waals surface area contributed by atoms with Crippen molar-refractivity contribution in [2.24, 2.45) is 0 Å². The van der Waals surface area contributed by atoms with E-state index in [0.29, 0.717) is 6.42 Å². The Balaban J connectivity index is 1.90. The van der Waals surface area contributed by atoms with E-state index in [2.05, 4.69) is 0 Å². The molecule has 2 atom stereocenters. The number of rotatable bonds is 3. The maximum atomic E-state index is 11.9. The minimum absolute atomic E-state index is 0.200. The molecular formula is C14H16N2O3. The molecule has 0 spiro atoms. The van der Waals surface area contributed by atoms with Crippen LogP contribution in [0, 0.1) is 11.3 Å². The first kappa shape index (κ1) is 13.4. The molecule has 1 aliphatic rings. The fraction of sp³-hybridized carbons (Fsp3) is 0.429. The Morgan fingerprint density at radius 2 is 2.21 bits per heavy atom. The summed E-state index contributed by atoms with van der Waals surface area (Å²) in [5, 5.41) is 18.3. The standard InChI is InChI=1S/C14H16N2O3/c15-7-6-12-8-13(17)9-16(12)14(18)19-10-11-4-2-1-3-5-11/h1-5,12-13,17H,6,8-10H2/t12-,13-/m1/s1. The molecule has 0 aromatic heterocycles. The van der Waals surface area contributed by atoms with E-state index in [-0.39, 0.29) is 25.6 Å². The van der Waals surface area contributed by atoms with Gasteiger partial charge in [0.1, 0.15) is 6.61 Å². The number of aliphatic hydroxyl groups excluding tert-OH is 1. The minimum atomic E-state index is -0.567. The first-order valence-electron chi connectivity index (χ1n) is 6.23. The van der Waals surface area contributed by atoms with Crippen molar-refractivity contribution in [1.82, 2.24) is 4.90 Å². The lowest BCUT2D eigenvalue weighted by atomic mass is 10.1. The average molecular weight is 260 g/mol. The minimum Gasteiger partial charge on any atom is -0.445 e. The molecule has 0 radical (unpaired) electrons. The van der Waals surface area contributed by atoms with Crippen molar-refractivity contribution in [3.05, 3.63) is 35.9 Å². The summed E-state index contributed by atoms with van der Waals surface area (Å²) in [6, 6.07) is 11.2. The van der Waals surface area contributed by atoms with Crippen molar-refractivity contribution in [2.45, 2.75) is 31.6 Å². The van der Waals surface area contributed by atoms with Gasteiger partial charge in [-0.15, -0.1) is 0 Å². The van der Waals surface area contributed by atoms with Crippen LogP contribution in [0.15, 0.2) is 30.3 Å². The molecule has 1 N–H and O–H groups in total. The van der Waals surface area contributed by atoms with Gasteiger partial charge in [-0.05, 0) is 12.0 Å². The molecule has 1 saturated heterocycles. The predicted molar refractivity (Wildman–Crippen MR) is 68.0 cm³/mol. The van der Waals surface area contributed by atoms with Gasteiger partial charge >= 0.3 is 6.09 Å². The Morgan fingerprint density at radius 3 is 2.89 bits per heavy atom. The van der Waals surface area contributed by atoms with Crippen molar-refractivity contribution in [3.8, 4) is 6.07 Å². The zero-order chi connectivity index (χ0) is 13.7. The van der Waals surface area contributed by atoms with Crippen LogP contribution in [0.25, 0.3) is 0 Å². The van der Waals surface area contributed by atoms with Gasteiger partial charge in [0.15, 0.2) is 0 Å². The molecule has 1 aromatic carbocycles. The van der Waals surface area contributed by atoms with Gasteiger partial charge in [-0.25, -0.2) is 4.79 Å². The first-order chi connectivity index (χ1) is 9.20. The van der Waals surface area contributed by atoms with Crippen LogP contribution >= 0.6 is 0 Å². The number of aliphatic hydroxyl groups is 1. The molecule has 1 fully saturated rings. The van der Waals surface area contributed by atoms with Gasteiger partial charge in [0, 0.05) is 0 Å². The molecule has 0 unspecified atom stereocenters. The summed E-state index contributed by atoms with van der Waals surface area (Å²) in [7, 11) is 0. The number of hydrogen-bond acceptors (Lipinski definition) is 4. The van der Waals surface area contributed by atoms with E-state index in [1.807, 2.05) is 36.4 Å². The van der Waals surface area contributed by atoms with E-state index in [4.69, 9.17) is 10.00 Å². The molecule has 1 amide bonds. The Hall–Kier alpha value is -2.06.